The summed E-state index contributed by atoms with van der Waals surface area (Å²) in [6.07, 6.45) is 1.41. The van der Waals surface area contributed by atoms with Gasteiger partial charge in [0.2, 0.25) is 11.8 Å². The number of carboxylic acids is 1. The molecule has 3 atom stereocenters. The maximum atomic E-state index is 12.7. The monoisotopic (exact) mass is 415 g/mol. The van der Waals surface area contributed by atoms with E-state index in [1.165, 1.54) is 12.4 Å². The van der Waals surface area contributed by atoms with Crippen molar-refractivity contribution >= 4 is 35.9 Å². The van der Waals surface area contributed by atoms with Crippen LogP contribution in [0.3, 0.4) is 0 Å². The van der Waals surface area contributed by atoms with Gasteiger partial charge in [-0.05, 0) is 29.9 Å². The molecule has 2 amide bonds. The number of pyridine rings is 1. The largest absolute Gasteiger partial charge is 0.479 e. The van der Waals surface area contributed by atoms with Gasteiger partial charge in [-0.1, -0.05) is 34.6 Å². The average Bonchev–Trinajstić information content (AvgIpc) is 2.56. The number of aliphatic carboxylic acids is 1. The minimum Gasteiger partial charge on any atom is -0.479 e. The van der Waals surface area contributed by atoms with E-state index in [2.05, 4.69) is 15.6 Å². The lowest BCUT2D eigenvalue weighted by molar-refractivity contribution is -0.154. The number of nitrogens with zero attached hydrogens (tertiary/aromatic N) is 1. The molecule has 4 N–H and O–H groups in total. The Kier molecular flexibility index (Phi) is 10.1. The number of anilines is 1. The number of aliphatic hydroxyl groups excluding tert-OH is 1. The second kappa shape index (κ2) is 11.0. The fourth-order valence-corrected chi connectivity index (χ4v) is 2.63. The van der Waals surface area contributed by atoms with Gasteiger partial charge >= 0.3 is 5.97 Å². The van der Waals surface area contributed by atoms with Crippen molar-refractivity contribution in [2.75, 3.05) is 5.32 Å². The molecule has 1 heterocycles. The zero-order chi connectivity index (χ0) is 20.8. The molecule has 0 aliphatic heterocycles. The molecule has 0 bridgehead atoms. The van der Waals surface area contributed by atoms with Gasteiger partial charge in [0.15, 0.2) is 6.10 Å². The van der Waals surface area contributed by atoms with E-state index in [1.54, 1.807) is 32.9 Å². The highest BCUT2D eigenvalue weighted by atomic mass is 35.5. The van der Waals surface area contributed by atoms with Crippen molar-refractivity contribution in [3.05, 3.63) is 24.5 Å². The van der Waals surface area contributed by atoms with Crippen molar-refractivity contribution in [3.8, 4) is 0 Å². The first-order valence-corrected chi connectivity index (χ1v) is 8.85. The molecule has 0 aromatic carbocycles. The lowest BCUT2D eigenvalue weighted by atomic mass is 9.84. The molecule has 28 heavy (non-hydrogen) atoms. The highest BCUT2D eigenvalue weighted by molar-refractivity contribution is 5.98. The summed E-state index contributed by atoms with van der Waals surface area (Å²) in [5, 5.41) is 24.4. The third-order valence-electron chi connectivity index (χ3n) is 4.06. The van der Waals surface area contributed by atoms with Crippen molar-refractivity contribution in [3.63, 3.8) is 0 Å². The van der Waals surface area contributed by atoms with Crippen molar-refractivity contribution in [2.24, 2.45) is 17.3 Å². The second-order valence-corrected chi connectivity index (χ2v) is 8.05. The summed E-state index contributed by atoms with van der Waals surface area (Å²) in [5.74, 6) is -3.72. The van der Waals surface area contributed by atoms with Gasteiger partial charge < -0.3 is 20.8 Å². The molecule has 8 nitrogen and oxygen atoms in total. The first-order chi connectivity index (χ1) is 12.4. The molecule has 9 heteroatoms. The standard InChI is InChI=1S/C19H29N3O5.ClH/c1-11(2)10-13(14(23)18(26)27)16(24)22-15(19(3,4)5)17(25)21-12-6-8-20-9-7-12;/h6-9,11,13-15,23H,10H2,1-5H3,(H,22,24)(H,26,27)(H,20,21,25);1H. The molecule has 1 aromatic heterocycles. The quantitative estimate of drug-likeness (QED) is 0.514. The minimum absolute atomic E-state index is 0. The van der Waals surface area contributed by atoms with E-state index in [0.29, 0.717) is 5.69 Å². The molecular weight excluding hydrogens is 386 g/mol. The van der Waals surface area contributed by atoms with E-state index < -0.39 is 41.3 Å². The van der Waals surface area contributed by atoms with Crippen LogP contribution in [0.1, 0.15) is 41.0 Å². The second-order valence-electron chi connectivity index (χ2n) is 8.05. The number of carboxylic acid groups (broad SMARTS) is 1. The first-order valence-electron chi connectivity index (χ1n) is 8.85. The lowest BCUT2D eigenvalue weighted by Crippen LogP contribution is -2.54. The molecule has 0 radical (unpaired) electrons. The number of aliphatic hydroxyl groups is 1. The fraction of sp³-hybridized carbons (Fsp3) is 0.579. The summed E-state index contributed by atoms with van der Waals surface area (Å²) < 4.78 is 0. The van der Waals surface area contributed by atoms with Gasteiger partial charge in [0.1, 0.15) is 6.04 Å². The van der Waals surface area contributed by atoms with E-state index in [9.17, 15) is 19.5 Å². The van der Waals surface area contributed by atoms with Gasteiger partial charge in [-0.3, -0.25) is 14.6 Å². The number of amides is 2. The Morgan fingerprint density at radius 1 is 1.11 bits per heavy atom. The first kappa shape index (κ1) is 25.8. The Labute approximate surface area is 171 Å². The van der Waals surface area contributed by atoms with E-state index in [-0.39, 0.29) is 24.7 Å². The highest BCUT2D eigenvalue weighted by Crippen LogP contribution is 2.23. The Hall–Kier alpha value is -2.19. The highest BCUT2D eigenvalue weighted by Gasteiger charge is 2.38. The fourth-order valence-electron chi connectivity index (χ4n) is 2.63. The predicted octanol–water partition coefficient (Wildman–Crippen LogP) is 2.08. The average molecular weight is 416 g/mol. The number of rotatable bonds is 8. The van der Waals surface area contributed by atoms with Crippen LogP contribution >= 0.6 is 12.4 Å². The molecular formula is C19H30ClN3O5. The Morgan fingerprint density at radius 2 is 1.64 bits per heavy atom. The van der Waals surface area contributed by atoms with E-state index in [1.807, 2.05) is 13.8 Å². The summed E-state index contributed by atoms with van der Waals surface area (Å²) in [6.45, 7) is 9.01. The summed E-state index contributed by atoms with van der Waals surface area (Å²) in [5.41, 5.74) is -0.105. The molecule has 1 aromatic rings. The third kappa shape index (κ3) is 7.82. The van der Waals surface area contributed by atoms with Crippen LogP contribution in [0.5, 0.6) is 0 Å². The van der Waals surface area contributed by atoms with Crippen molar-refractivity contribution in [1.82, 2.24) is 10.3 Å². The third-order valence-corrected chi connectivity index (χ3v) is 4.06. The molecule has 1 rings (SSSR count). The van der Waals surface area contributed by atoms with Crippen molar-refractivity contribution in [2.45, 2.75) is 53.2 Å². The topological polar surface area (TPSA) is 129 Å². The Balaban J connectivity index is 0.00000729. The van der Waals surface area contributed by atoms with Gasteiger partial charge in [0, 0.05) is 18.1 Å². The predicted molar refractivity (Wildman–Crippen MR) is 108 cm³/mol. The van der Waals surface area contributed by atoms with Crippen LogP contribution in [0.2, 0.25) is 0 Å². The smallest absolute Gasteiger partial charge is 0.333 e. The van der Waals surface area contributed by atoms with Crippen LogP contribution in [0.15, 0.2) is 24.5 Å². The normalized spacial score (nSPS) is 14.4. The van der Waals surface area contributed by atoms with E-state index in [0.717, 1.165) is 0 Å². The van der Waals surface area contributed by atoms with Crippen LogP contribution in [0.25, 0.3) is 0 Å². The van der Waals surface area contributed by atoms with E-state index in [4.69, 9.17) is 5.11 Å². The van der Waals surface area contributed by atoms with E-state index >= 15 is 0 Å². The van der Waals surface area contributed by atoms with Gasteiger partial charge in [-0.2, -0.15) is 0 Å². The zero-order valence-corrected chi connectivity index (χ0v) is 17.6. The molecule has 0 spiro atoms. The summed E-state index contributed by atoms with van der Waals surface area (Å²) >= 11 is 0. The number of halogens is 1. The molecule has 0 aliphatic rings. The number of hydrogen-bond donors (Lipinski definition) is 4. The van der Waals surface area contributed by atoms with Crippen LogP contribution in [0, 0.1) is 17.3 Å². The van der Waals surface area contributed by atoms with Crippen molar-refractivity contribution < 1.29 is 24.6 Å². The maximum absolute atomic E-state index is 12.7. The Bertz CT molecular complexity index is 661. The van der Waals surface area contributed by atoms with Crippen molar-refractivity contribution in [1.29, 1.82) is 0 Å². The molecule has 3 unspecified atom stereocenters. The molecule has 0 saturated carbocycles. The minimum atomic E-state index is -1.84. The summed E-state index contributed by atoms with van der Waals surface area (Å²) in [4.78, 5) is 40.5. The van der Waals surface area contributed by atoms with Crippen LogP contribution in [-0.2, 0) is 14.4 Å². The molecule has 158 valence electrons. The van der Waals surface area contributed by atoms with Gasteiger partial charge in [-0.15, -0.1) is 12.4 Å². The van der Waals surface area contributed by atoms with Gasteiger partial charge in [0.25, 0.3) is 0 Å². The summed E-state index contributed by atoms with van der Waals surface area (Å²) in [6, 6.07) is 2.32. The van der Waals surface area contributed by atoms with Gasteiger partial charge in [0.05, 0.1) is 5.92 Å². The number of nitrogens with one attached hydrogen (secondary N) is 2. The Morgan fingerprint density at radius 3 is 2.07 bits per heavy atom. The van der Waals surface area contributed by atoms with Crippen LogP contribution < -0.4 is 10.6 Å². The number of carbonyl (C=O) groups is 3. The maximum Gasteiger partial charge on any atom is 0.333 e. The number of hydrogen-bond acceptors (Lipinski definition) is 5. The van der Waals surface area contributed by atoms with Crippen LogP contribution in [0.4, 0.5) is 5.69 Å². The molecule has 0 aliphatic carbocycles. The molecule has 0 fully saturated rings. The SMILES string of the molecule is CC(C)CC(C(=O)NC(C(=O)Nc1ccncc1)C(C)(C)C)C(O)C(=O)O.Cl. The summed E-state index contributed by atoms with van der Waals surface area (Å²) in [7, 11) is 0. The van der Waals surface area contributed by atoms with Gasteiger partial charge in [-0.25, -0.2) is 4.79 Å². The molecule has 0 saturated heterocycles. The lowest BCUT2D eigenvalue weighted by Gasteiger charge is -2.32. The van der Waals surface area contributed by atoms with Crippen LogP contribution in [-0.4, -0.2) is 45.1 Å². The number of carbonyl (C=O) groups excluding carboxylic acids is 2. The zero-order valence-electron chi connectivity index (χ0n) is 16.8. The number of aromatic nitrogens is 1.